The molecule has 3 rings (SSSR count). The van der Waals surface area contributed by atoms with E-state index in [1.807, 2.05) is 16.3 Å². The van der Waals surface area contributed by atoms with Crippen LogP contribution >= 0.6 is 11.3 Å². The summed E-state index contributed by atoms with van der Waals surface area (Å²) in [7, 11) is 0. The number of likely N-dealkylation sites (tertiary alicyclic amines) is 1. The van der Waals surface area contributed by atoms with Crippen LogP contribution in [0.4, 0.5) is 0 Å². The highest BCUT2D eigenvalue weighted by atomic mass is 32.1. The van der Waals surface area contributed by atoms with Crippen LogP contribution in [0.3, 0.4) is 0 Å². The van der Waals surface area contributed by atoms with Gasteiger partial charge in [0.2, 0.25) is 5.91 Å². The number of hydrogen-bond acceptors (Lipinski definition) is 3. The van der Waals surface area contributed by atoms with Crippen LogP contribution in [0.2, 0.25) is 0 Å². The van der Waals surface area contributed by atoms with Crippen LogP contribution in [0, 0.1) is 11.3 Å². The van der Waals surface area contributed by atoms with Gasteiger partial charge >= 0.3 is 5.97 Å². The summed E-state index contributed by atoms with van der Waals surface area (Å²) in [5.41, 5.74) is 0.0103. The van der Waals surface area contributed by atoms with E-state index in [-0.39, 0.29) is 17.2 Å². The van der Waals surface area contributed by atoms with Crippen LogP contribution in [0.5, 0.6) is 0 Å². The smallest absolute Gasteiger partial charge is 0.307 e. The molecule has 108 valence electrons. The van der Waals surface area contributed by atoms with E-state index >= 15 is 0 Å². The number of carboxylic acid groups (broad SMARTS) is 1. The van der Waals surface area contributed by atoms with E-state index in [0.717, 1.165) is 38.8 Å². The van der Waals surface area contributed by atoms with Gasteiger partial charge in [-0.05, 0) is 42.5 Å². The number of piperidine rings is 1. The molecule has 1 aromatic rings. The number of carbonyl (C=O) groups is 2. The topological polar surface area (TPSA) is 57.6 Å². The van der Waals surface area contributed by atoms with Crippen LogP contribution in [0.25, 0.3) is 0 Å². The van der Waals surface area contributed by atoms with Crippen molar-refractivity contribution in [2.45, 2.75) is 32.1 Å². The SMILES string of the molecule is O=C(O)C1CC12CCN(C(=O)CCc1cccs1)CC2. The number of aliphatic carboxylic acids is 1. The highest BCUT2D eigenvalue weighted by Gasteiger charge is 2.59. The third kappa shape index (κ3) is 2.59. The molecular formula is C15H19NO3S. The van der Waals surface area contributed by atoms with Crippen molar-refractivity contribution in [3.05, 3.63) is 22.4 Å². The standard InChI is InChI=1S/C15H19NO3S/c17-13(4-3-11-2-1-9-20-11)16-7-5-15(6-8-16)10-12(15)14(18)19/h1-2,9,12H,3-8,10H2,(H,18,19). The lowest BCUT2D eigenvalue weighted by Gasteiger charge is -2.32. The summed E-state index contributed by atoms with van der Waals surface area (Å²) in [6, 6.07) is 4.07. The Bertz CT molecular complexity index is 503. The fourth-order valence-electron chi connectivity index (χ4n) is 3.29. The Balaban J connectivity index is 1.46. The summed E-state index contributed by atoms with van der Waals surface area (Å²) in [5, 5.41) is 11.1. The minimum absolute atomic E-state index is 0.0103. The number of carbonyl (C=O) groups excluding carboxylic acids is 1. The maximum absolute atomic E-state index is 12.2. The molecule has 1 aromatic heterocycles. The van der Waals surface area contributed by atoms with Gasteiger partial charge in [0.1, 0.15) is 0 Å². The van der Waals surface area contributed by atoms with Crippen molar-refractivity contribution in [2.75, 3.05) is 13.1 Å². The molecule has 2 fully saturated rings. The molecule has 1 amide bonds. The maximum atomic E-state index is 12.2. The van der Waals surface area contributed by atoms with Gasteiger partial charge in [-0.1, -0.05) is 6.07 Å². The molecule has 1 N–H and O–H groups in total. The van der Waals surface area contributed by atoms with Crippen molar-refractivity contribution in [3.63, 3.8) is 0 Å². The molecule has 2 aliphatic rings. The summed E-state index contributed by atoms with van der Waals surface area (Å²) in [4.78, 5) is 26.3. The Morgan fingerprint density at radius 3 is 2.70 bits per heavy atom. The van der Waals surface area contributed by atoms with Crippen molar-refractivity contribution in [2.24, 2.45) is 11.3 Å². The average Bonchev–Trinajstić information content (AvgIpc) is 2.90. The zero-order valence-corrected chi connectivity index (χ0v) is 12.2. The van der Waals surface area contributed by atoms with Crippen LogP contribution in [0.1, 0.15) is 30.6 Å². The third-order valence-corrected chi connectivity index (χ3v) is 5.70. The average molecular weight is 293 g/mol. The summed E-state index contributed by atoms with van der Waals surface area (Å²) in [6.45, 7) is 1.46. The molecule has 1 spiro atoms. The Labute approximate surface area is 122 Å². The molecular weight excluding hydrogens is 274 g/mol. The van der Waals surface area contributed by atoms with E-state index in [1.54, 1.807) is 11.3 Å². The van der Waals surface area contributed by atoms with Crippen molar-refractivity contribution >= 4 is 23.2 Å². The van der Waals surface area contributed by atoms with Crippen LogP contribution < -0.4 is 0 Å². The molecule has 1 saturated carbocycles. The Hall–Kier alpha value is -1.36. The van der Waals surface area contributed by atoms with Crippen LogP contribution in [-0.4, -0.2) is 35.0 Å². The molecule has 1 saturated heterocycles. The number of aryl methyl sites for hydroxylation is 1. The summed E-state index contributed by atoms with van der Waals surface area (Å²) in [6.07, 6.45) is 3.90. The van der Waals surface area contributed by atoms with E-state index in [4.69, 9.17) is 5.11 Å². The second-order valence-electron chi connectivity index (χ2n) is 5.92. The van der Waals surface area contributed by atoms with Crippen molar-refractivity contribution in [1.82, 2.24) is 4.90 Å². The summed E-state index contributed by atoms with van der Waals surface area (Å²) in [5.74, 6) is -0.617. The van der Waals surface area contributed by atoms with Gasteiger partial charge in [-0.15, -0.1) is 11.3 Å². The van der Waals surface area contributed by atoms with Crippen molar-refractivity contribution in [3.8, 4) is 0 Å². The molecule has 2 heterocycles. The van der Waals surface area contributed by atoms with Crippen LogP contribution in [-0.2, 0) is 16.0 Å². The molecule has 0 bridgehead atoms. The van der Waals surface area contributed by atoms with Crippen molar-refractivity contribution in [1.29, 1.82) is 0 Å². The molecule has 1 aliphatic carbocycles. The first-order valence-corrected chi connectivity index (χ1v) is 8.02. The highest BCUT2D eigenvalue weighted by Crippen LogP contribution is 2.59. The lowest BCUT2D eigenvalue weighted by molar-refractivity contribution is -0.139. The molecule has 1 unspecified atom stereocenters. The second kappa shape index (κ2) is 5.20. The number of rotatable bonds is 4. The minimum atomic E-state index is -0.664. The quantitative estimate of drug-likeness (QED) is 0.927. The summed E-state index contributed by atoms with van der Waals surface area (Å²) >= 11 is 1.69. The predicted octanol–water partition coefficient (Wildman–Crippen LogP) is 2.39. The molecule has 0 aromatic carbocycles. The fourth-order valence-corrected chi connectivity index (χ4v) is 4.00. The second-order valence-corrected chi connectivity index (χ2v) is 6.95. The number of thiophene rings is 1. The van der Waals surface area contributed by atoms with Gasteiger partial charge in [-0.2, -0.15) is 0 Å². The van der Waals surface area contributed by atoms with Gasteiger partial charge in [0.05, 0.1) is 5.92 Å². The van der Waals surface area contributed by atoms with Crippen LogP contribution in [0.15, 0.2) is 17.5 Å². The predicted molar refractivity (Wildman–Crippen MR) is 76.6 cm³/mol. The normalized spacial score (nSPS) is 23.8. The van der Waals surface area contributed by atoms with Gasteiger partial charge in [0.15, 0.2) is 0 Å². The lowest BCUT2D eigenvalue weighted by Crippen LogP contribution is -2.40. The molecule has 1 atom stereocenters. The van der Waals surface area contributed by atoms with E-state index in [0.29, 0.717) is 6.42 Å². The molecule has 0 radical (unpaired) electrons. The molecule has 4 nitrogen and oxygen atoms in total. The van der Waals surface area contributed by atoms with Gasteiger partial charge in [0, 0.05) is 24.4 Å². The first-order chi connectivity index (χ1) is 9.61. The number of carboxylic acids is 1. The third-order valence-electron chi connectivity index (χ3n) is 4.77. The molecule has 1 aliphatic heterocycles. The van der Waals surface area contributed by atoms with Gasteiger partial charge < -0.3 is 10.0 Å². The van der Waals surface area contributed by atoms with Crippen molar-refractivity contribution < 1.29 is 14.7 Å². The highest BCUT2D eigenvalue weighted by molar-refractivity contribution is 7.09. The van der Waals surface area contributed by atoms with E-state index in [2.05, 4.69) is 6.07 Å². The Morgan fingerprint density at radius 1 is 1.40 bits per heavy atom. The fraction of sp³-hybridized carbons (Fsp3) is 0.600. The van der Waals surface area contributed by atoms with Gasteiger partial charge in [-0.25, -0.2) is 0 Å². The molecule has 20 heavy (non-hydrogen) atoms. The first kappa shape index (κ1) is 13.6. The maximum Gasteiger partial charge on any atom is 0.307 e. The van der Waals surface area contributed by atoms with E-state index < -0.39 is 5.97 Å². The molecule has 5 heteroatoms. The largest absolute Gasteiger partial charge is 0.481 e. The van der Waals surface area contributed by atoms with E-state index in [9.17, 15) is 9.59 Å². The number of nitrogens with zero attached hydrogens (tertiary/aromatic N) is 1. The zero-order valence-electron chi connectivity index (χ0n) is 11.4. The Kier molecular flexibility index (Phi) is 3.54. The first-order valence-electron chi connectivity index (χ1n) is 7.14. The minimum Gasteiger partial charge on any atom is -0.481 e. The summed E-state index contributed by atoms with van der Waals surface area (Å²) < 4.78 is 0. The monoisotopic (exact) mass is 293 g/mol. The lowest BCUT2D eigenvalue weighted by atomic mass is 9.90. The Morgan fingerprint density at radius 2 is 2.15 bits per heavy atom. The van der Waals surface area contributed by atoms with Gasteiger partial charge in [-0.3, -0.25) is 9.59 Å². The van der Waals surface area contributed by atoms with E-state index in [1.165, 1.54) is 4.88 Å². The number of amides is 1. The van der Waals surface area contributed by atoms with Gasteiger partial charge in [0.25, 0.3) is 0 Å². The number of hydrogen-bond donors (Lipinski definition) is 1. The zero-order chi connectivity index (χ0) is 14.2.